The normalized spacial score (nSPS) is 17.8. The number of sulfonamides is 1. The lowest BCUT2D eigenvalue weighted by molar-refractivity contribution is -0.134. The van der Waals surface area contributed by atoms with Crippen LogP contribution in [0.2, 0.25) is 0 Å². The second-order valence-electron chi connectivity index (χ2n) is 6.44. The number of likely N-dealkylation sites (N-methyl/N-ethyl adjacent to an activating group) is 1. The number of methoxy groups -OCH3 is 1. The van der Waals surface area contributed by atoms with Gasteiger partial charge in [-0.05, 0) is 31.9 Å². The van der Waals surface area contributed by atoms with E-state index in [2.05, 4.69) is 5.32 Å². The average molecular weight is 369 g/mol. The van der Waals surface area contributed by atoms with Gasteiger partial charge in [0, 0.05) is 38.9 Å². The van der Waals surface area contributed by atoms with E-state index in [-0.39, 0.29) is 11.7 Å². The average Bonchev–Trinajstić information content (AvgIpc) is 2.61. The predicted molar refractivity (Wildman–Crippen MR) is 98.3 cm³/mol. The monoisotopic (exact) mass is 369 g/mol. The summed E-state index contributed by atoms with van der Waals surface area (Å²) < 4.78 is 30.9. The molecule has 1 saturated heterocycles. The Balaban J connectivity index is 2.26. The zero-order valence-corrected chi connectivity index (χ0v) is 16.1. The van der Waals surface area contributed by atoms with Gasteiger partial charge in [-0.15, -0.1) is 0 Å². The van der Waals surface area contributed by atoms with Crippen LogP contribution in [-0.2, 0) is 14.8 Å². The fourth-order valence-corrected chi connectivity index (χ4v) is 4.23. The maximum Gasteiger partial charge on any atom is 0.247 e. The Hall–Kier alpha value is -1.80. The van der Waals surface area contributed by atoms with E-state index in [0.717, 1.165) is 5.69 Å². The minimum atomic E-state index is -3.24. The summed E-state index contributed by atoms with van der Waals surface area (Å²) in [6, 6.07) is 7.40. The zero-order chi connectivity index (χ0) is 18.7. The van der Waals surface area contributed by atoms with Gasteiger partial charge in [-0.1, -0.05) is 6.07 Å². The van der Waals surface area contributed by atoms with Crippen LogP contribution in [0.3, 0.4) is 0 Å². The van der Waals surface area contributed by atoms with Crippen LogP contribution in [0.25, 0.3) is 0 Å². The maximum absolute atomic E-state index is 12.9. The van der Waals surface area contributed by atoms with Crippen LogP contribution in [0.4, 0.5) is 5.69 Å². The summed E-state index contributed by atoms with van der Waals surface area (Å²) in [5.74, 6) is 0.720. The van der Waals surface area contributed by atoms with Gasteiger partial charge in [0.15, 0.2) is 0 Å². The van der Waals surface area contributed by atoms with Crippen molar-refractivity contribution in [2.75, 3.05) is 45.4 Å². The number of anilines is 1. The van der Waals surface area contributed by atoms with Gasteiger partial charge in [0.25, 0.3) is 0 Å². The molecule has 0 aromatic heterocycles. The highest BCUT2D eigenvalue weighted by Crippen LogP contribution is 2.31. The molecule has 1 fully saturated rings. The number of carbonyl (C=O) groups excluding carboxylic acids is 1. The molecule has 1 heterocycles. The number of hydrogen-bond acceptors (Lipinski definition) is 5. The van der Waals surface area contributed by atoms with Crippen LogP contribution in [0, 0.1) is 0 Å². The van der Waals surface area contributed by atoms with Gasteiger partial charge in [0.2, 0.25) is 15.9 Å². The van der Waals surface area contributed by atoms with Crippen molar-refractivity contribution in [1.82, 2.24) is 9.21 Å². The molecule has 1 N–H and O–H groups in total. The minimum absolute atomic E-state index is 0.0520. The number of carbonyl (C=O) groups is 1. The van der Waals surface area contributed by atoms with Crippen LogP contribution >= 0.6 is 0 Å². The molecule has 1 amide bonds. The zero-order valence-electron chi connectivity index (χ0n) is 15.3. The van der Waals surface area contributed by atoms with Crippen molar-refractivity contribution in [3.63, 3.8) is 0 Å². The molecule has 1 aliphatic rings. The van der Waals surface area contributed by atoms with E-state index in [1.807, 2.05) is 24.3 Å². The highest BCUT2D eigenvalue weighted by Gasteiger charge is 2.44. The summed E-state index contributed by atoms with van der Waals surface area (Å²) in [7, 11) is 1.78. The summed E-state index contributed by atoms with van der Waals surface area (Å²) in [6.07, 6.45) is 0.834. The number of piperidine rings is 1. The molecule has 1 aromatic carbocycles. The van der Waals surface area contributed by atoms with Gasteiger partial charge in [-0.25, -0.2) is 12.7 Å². The molecule has 140 valence electrons. The first kappa shape index (κ1) is 19.5. The Kier molecular flexibility index (Phi) is 5.95. The Morgan fingerprint density at radius 2 is 1.96 bits per heavy atom. The van der Waals surface area contributed by atoms with E-state index in [4.69, 9.17) is 4.74 Å². The van der Waals surface area contributed by atoms with E-state index in [1.165, 1.54) is 4.31 Å². The van der Waals surface area contributed by atoms with Crippen molar-refractivity contribution >= 4 is 21.6 Å². The van der Waals surface area contributed by atoms with E-state index >= 15 is 0 Å². The molecule has 0 atom stereocenters. The van der Waals surface area contributed by atoms with Gasteiger partial charge in [0.05, 0.1) is 12.9 Å². The minimum Gasteiger partial charge on any atom is -0.497 e. The molecule has 0 saturated carbocycles. The standard InChI is InChI=1S/C17H27N3O4S/c1-5-25(22,23)20-11-9-17(10-12-20,16(21)19(2)3)18-14-7-6-8-15(13-14)24-4/h6-8,13,18H,5,9-12H2,1-4H3. The lowest BCUT2D eigenvalue weighted by Gasteiger charge is -2.42. The summed E-state index contributed by atoms with van der Waals surface area (Å²) in [5.41, 5.74) is -0.0448. The molecular formula is C17H27N3O4S. The smallest absolute Gasteiger partial charge is 0.247 e. The van der Waals surface area contributed by atoms with Gasteiger partial charge in [-0.2, -0.15) is 0 Å². The molecule has 0 unspecified atom stereocenters. The first-order chi connectivity index (χ1) is 11.7. The summed E-state index contributed by atoms with van der Waals surface area (Å²) in [5, 5.41) is 3.35. The highest BCUT2D eigenvalue weighted by atomic mass is 32.2. The summed E-state index contributed by atoms with van der Waals surface area (Å²) in [6.45, 7) is 2.29. The third-order valence-electron chi connectivity index (χ3n) is 4.60. The number of amides is 1. The lowest BCUT2D eigenvalue weighted by Crippen LogP contribution is -2.58. The van der Waals surface area contributed by atoms with Crippen molar-refractivity contribution < 1.29 is 17.9 Å². The molecule has 1 aliphatic heterocycles. The molecule has 0 spiro atoms. The molecule has 0 aliphatic carbocycles. The Labute approximate surface area is 150 Å². The van der Waals surface area contributed by atoms with Crippen LogP contribution in [0.15, 0.2) is 24.3 Å². The van der Waals surface area contributed by atoms with E-state index in [9.17, 15) is 13.2 Å². The molecule has 1 aromatic rings. The predicted octanol–water partition coefficient (Wildman–Crippen LogP) is 1.38. The second-order valence-corrected chi connectivity index (χ2v) is 8.70. The molecular weight excluding hydrogens is 342 g/mol. The van der Waals surface area contributed by atoms with Gasteiger partial charge < -0.3 is 15.0 Å². The quantitative estimate of drug-likeness (QED) is 0.820. The van der Waals surface area contributed by atoms with Crippen LogP contribution in [0.1, 0.15) is 19.8 Å². The fraction of sp³-hybridized carbons (Fsp3) is 0.588. The molecule has 25 heavy (non-hydrogen) atoms. The largest absolute Gasteiger partial charge is 0.497 e. The molecule has 2 rings (SSSR count). The SMILES string of the molecule is CCS(=O)(=O)N1CCC(Nc2cccc(OC)c2)(C(=O)N(C)C)CC1. The number of nitrogens with one attached hydrogen (secondary N) is 1. The summed E-state index contributed by atoms with van der Waals surface area (Å²) >= 11 is 0. The maximum atomic E-state index is 12.9. The van der Waals surface area contributed by atoms with Crippen LogP contribution < -0.4 is 10.1 Å². The summed E-state index contributed by atoms with van der Waals surface area (Å²) in [4.78, 5) is 14.4. The first-order valence-electron chi connectivity index (χ1n) is 8.36. The number of benzene rings is 1. The van der Waals surface area contributed by atoms with E-state index in [1.54, 1.807) is 33.0 Å². The van der Waals surface area contributed by atoms with Gasteiger partial charge in [0.1, 0.15) is 11.3 Å². The molecule has 8 heteroatoms. The number of hydrogen-bond donors (Lipinski definition) is 1. The first-order valence-corrected chi connectivity index (χ1v) is 9.97. The van der Waals surface area contributed by atoms with Gasteiger partial charge in [-0.3, -0.25) is 4.79 Å². The van der Waals surface area contributed by atoms with E-state index in [0.29, 0.717) is 31.7 Å². The molecule has 0 radical (unpaired) electrons. The highest BCUT2D eigenvalue weighted by molar-refractivity contribution is 7.89. The Morgan fingerprint density at radius 3 is 2.48 bits per heavy atom. The molecule has 0 bridgehead atoms. The van der Waals surface area contributed by atoms with Gasteiger partial charge >= 0.3 is 0 Å². The van der Waals surface area contributed by atoms with Crippen molar-refractivity contribution in [3.05, 3.63) is 24.3 Å². The Morgan fingerprint density at radius 1 is 1.32 bits per heavy atom. The van der Waals surface area contributed by atoms with Crippen LogP contribution in [-0.4, -0.2) is 69.1 Å². The number of rotatable bonds is 6. The Bertz CT molecular complexity index is 710. The molecule has 7 nitrogen and oxygen atoms in total. The van der Waals surface area contributed by atoms with E-state index < -0.39 is 15.6 Å². The number of ether oxygens (including phenoxy) is 1. The number of nitrogens with zero attached hydrogens (tertiary/aromatic N) is 2. The van der Waals surface area contributed by atoms with Crippen molar-refractivity contribution in [3.8, 4) is 5.75 Å². The second kappa shape index (κ2) is 7.61. The third kappa shape index (κ3) is 4.24. The van der Waals surface area contributed by atoms with Crippen LogP contribution in [0.5, 0.6) is 5.75 Å². The lowest BCUT2D eigenvalue weighted by atomic mass is 9.86. The van der Waals surface area contributed by atoms with Crippen molar-refractivity contribution in [2.45, 2.75) is 25.3 Å². The third-order valence-corrected chi connectivity index (χ3v) is 6.48. The topological polar surface area (TPSA) is 79.0 Å². The van der Waals surface area contributed by atoms with Crippen molar-refractivity contribution in [2.24, 2.45) is 0 Å². The van der Waals surface area contributed by atoms with Crippen molar-refractivity contribution in [1.29, 1.82) is 0 Å². The fourth-order valence-electron chi connectivity index (χ4n) is 3.13.